The Hall–Kier alpha value is -4.47. The first-order valence-electron chi connectivity index (χ1n) is 12.1. The molecule has 4 aromatic rings. The molecule has 0 aromatic heterocycles. The van der Waals surface area contributed by atoms with Gasteiger partial charge in [-0.15, -0.1) is 0 Å². The van der Waals surface area contributed by atoms with Crippen molar-refractivity contribution in [3.05, 3.63) is 114 Å². The van der Waals surface area contributed by atoms with E-state index < -0.39 is 33.6 Å². The van der Waals surface area contributed by atoms with E-state index in [1.807, 2.05) is 0 Å². The largest absolute Gasteiger partial charge is 0.507 e. The molecular formula is C30H27NO7S. The molecular weight excluding hydrogens is 518 g/mol. The summed E-state index contributed by atoms with van der Waals surface area (Å²) in [5, 5.41) is 20.8. The highest BCUT2D eigenvalue weighted by atomic mass is 32.2. The molecule has 0 aliphatic carbocycles. The summed E-state index contributed by atoms with van der Waals surface area (Å²) in [6, 6.07) is 24.8. The lowest BCUT2D eigenvalue weighted by Crippen LogP contribution is -2.14. The SMILES string of the molecule is CC(C)OC(=O)c1cccc(-c2cccc(S(=O)(=O)Nc3ccc(C(=O)C(O)c4ccccc4)c(O)c3)c2)c1. The third-order valence-electron chi connectivity index (χ3n) is 5.80. The van der Waals surface area contributed by atoms with Gasteiger partial charge in [0, 0.05) is 6.07 Å². The van der Waals surface area contributed by atoms with Crippen molar-refractivity contribution >= 4 is 27.5 Å². The number of aromatic hydroxyl groups is 1. The van der Waals surface area contributed by atoms with E-state index in [0.29, 0.717) is 22.3 Å². The smallest absolute Gasteiger partial charge is 0.338 e. The van der Waals surface area contributed by atoms with Crippen molar-refractivity contribution < 1.29 is 33.0 Å². The summed E-state index contributed by atoms with van der Waals surface area (Å²) in [4.78, 5) is 24.9. The second kappa shape index (κ2) is 11.5. The highest BCUT2D eigenvalue weighted by Gasteiger charge is 2.23. The fourth-order valence-corrected chi connectivity index (χ4v) is 5.00. The van der Waals surface area contributed by atoms with Gasteiger partial charge in [-0.05, 0) is 66.9 Å². The first kappa shape index (κ1) is 27.6. The molecule has 0 saturated heterocycles. The van der Waals surface area contributed by atoms with Crippen LogP contribution in [0.25, 0.3) is 11.1 Å². The van der Waals surface area contributed by atoms with Gasteiger partial charge in [0.2, 0.25) is 0 Å². The van der Waals surface area contributed by atoms with Gasteiger partial charge in [-0.3, -0.25) is 9.52 Å². The number of Topliss-reactive ketones (excluding diaryl/α,β-unsaturated/α-hetero) is 1. The number of phenols is 1. The number of ketones is 1. The van der Waals surface area contributed by atoms with Crippen molar-refractivity contribution in [2.45, 2.75) is 31.0 Å². The monoisotopic (exact) mass is 545 g/mol. The van der Waals surface area contributed by atoms with E-state index in [1.165, 1.54) is 24.3 Å². The number of carbonyl (C=O) groups excluding carboxylic acids is 2. The van der Waals surface area contributed by atoms with Crippen molar-refractivity contribution in [3.63, 3.8) is 0 Å². The van der Waals surface area contributed by atoms with E-state index in [-0.39, 0.29) is 22.3 Å². The number of phenolic OH excluding ortho intramolecular Hbond substituents is 1. The van der Waals surface area contributed by atoms with Crippen LogP contribution in [0.1, 0.15) is 46.2 Å². The van der Waals surface area contributed by atoms with E-state index in [0.717, 1.165) is 6.07 Å². The van der Waals surface area contributed by atoms with Crippen LogP contribution in [0.4, 0.5) is 5.69 Å². The van der Waals surface area contributed by atoms with Gasteiger partial charge in [-0.2, -0.15) is 0 Å². The lowest BCUT2D eigenvalue weighted by molar-refractivity contribution is 0.0377. The zero-order valence-electron chi connectivity index (χ0n) is 21.2. The van der Waals surface area contributed by atoms with E-state index in [2.05, 4.69) is 4.72 Å². The van der Waals surface area contributed by atoms with Crippen LogP contribution in [0, 0.1) is 0 Å². The number of benzene rings is 4. The first-order valence-corrected chi connectivity index (χ1v) is 13.6. The van der Waals surface area contributed by atoms with Gasteiger partial charge in [0.15, 0.2) is 5.78 Å². The standard InChI is InChI=1S/C30H27NO7S/c1-19(2)38-30(35)23-12-6-10-21(16-23)22-11-7-13-25(17-22)39(36,37)31-24-14-15-26(27(32)18-24)29(34)28(33)20-8-4-3-5-9-20/h3-19,28,31-33H,1-2H3. The molecule has 39 heavy (non-hydrogen) atoms. The molecule has 1 atom stereocenters. The van der Waals surface area contributed by atoms with E-state index in [9.17, 15) is 28.2 Å². The number of ether oxygens (including phenoxy) is 1. The third kappa shape index (κ3) is 6.51. The minimum absolute atomic E-state index is 0.0297. The van der Waals surface area contributed by atoms with Crippen molar-refractivity contribution in [1.29, 1.82) is 0 Å². The molecule has 4 aromatic carbocycles. The minimum atomic E-state index is -4.08. The molecule has 0 saturated carbocycles. The summed E-state index contributed by atoms with van der Waals surface area (Å²) in [5.41, 5.74) is 1.79. The number of sulfonamides is 1. The number of rotatable bonds is 9. The normalized spacial score (nSPS) is 12.1. The van der Waals surface area contributed by atoms with Crippen molar-refractivity contribution in [3.8, 4) is 16.9 Å². The lowest BCUT2D eigenvalue weighted by atomic mass is 9.99. The fraction of sp³-hybridized carbons (Fsp3) is 0.133. The summed E-state index contributed by atoms with van der Waals surface area (Å²) in [6.07, 6.45) is -1.76. The van der Waals surface area contributed by atoms with E-state index >= 15 is 0 Å². The zero-order valence-corrected chi connectivity index (χ0v) is 22.1. The second-order valence-electron chi connectivity index (χ2n) is 9.08. The van der Waals surface area contributed by atoms with E-state index in [1.54, 1.807) is 80.6 Å². The maximum absolute atomic E-state index is 13.1. The van der Waals surface area contributed by atoms with Crippen LogP contribution in [-0.4, -0.2) is 36.5 Å². The topological polar surface area (TPSA) is 130 Å². The molecule has 1 unspecified atom stereocenters. The van der Waals surface area contributed by atoms with Crippen LogP contribution in [0.5, 0.6) is 5.75 Å². The number of aliphatic hydroxyl groups is 1. The Morgan fingerprint density at radius 1 is 0.821 bits per heavy atom. The number of anilines is 1. The van der Waals surface area contributed by atoms with E-state index in [4.69, 9.17) is 4.74 Å². The molecule has 0 aliphatic rings. The van der Waals surface area contributed by atoms with Gasteiger partial charge < -0.3 is 14.9 Å². The summed E-state index contributed by atoms with van der Waals surface area (Å²) in [6.45, 7) is 3.50. The van der Waals surface area contributed by atoms with Gasteiger partial charge >= 0.3 is 5.97 Å². The van der Waals surface area contributed by atoms with Crippen LogP contribution >= 0.6 is 0 Å². The summed E-state index contributed by atoms with van der Waals surface area (Å²) in [5.74, 6) is -1.68. The Labute approximate surface area is 226 Å². The number of esters is 1. The Morgan fingerprint density at radius 3 is 2.15 bits per heavy atom. The zero-order chi connectivity index (χ0) is 28.2. The molecule has 8 nitrogen and oxygen atoms in total. The molecule has 0 heterocycles. The predicted octanol–water partition coefficient (Wildman–Crippen LogP) is 5.34. The van der Waals surface area contributed by atoms with Crippen LogP contribution in [0.15, 0.2) is 102 Å². The molecule has 0 spiro atoms. The van der Waals surface area contributed by atoms with Crippen LogP contribution in [-0.2, 0) is 14.8 Å². The number of carbonyl (C=O) groups is 2. The Kier molecular flexibility index (Phi) is 8.13. The summed E-state index contributed by atoms with van der Waals surface area (Å²) in [7, 11) is -4.08. The molecule has 9 heteroatoms. The van der Waals surface area contributed by atoms with Gasteiger partial charge in [0.25, 0.3) is 10.0 Å². The molecule has 0 radical (unpaired) electrons. The maximum atomic E-state index is 13.1. The maximum Gasteiger partial charge on any atom is 0.338 e. The Balaban J connectivity index is 1.55. The highest BCUT2D eigenvalue weighted by Crippen LogP contribution is 2.29. The average molecular weight is 546 g/mol. The Morgan fingerprint density at radius 2 is 1.49 bits per heavy atom. The number of hydrogen-bond donors (Lipinski definition) is 3. The quantitative estimate of drug-likeness (QED) is 0.191. The van der Waals surface area contributed by atoms with Crippen molar-refractivity contribution in [2.75, 3.05) is 4.72 Å². The van der Waals surface area contributed by atoms with Crippen LogP contribution in [0.3, 0.4) is 0 Å². The molecule has 200 valence electrons. The van der Waals surface area contributed by atoms with Crippen LogP contribution < -0.4 is 4.72 Å². The first-order chi connectivity index (χ1) is 18.5. The molecule has 0 fully saturated rings. The third-order valence-corrected chi connectivity index (χ3v) is 7.18. The minimum Gasteiger partial charge on any atom is -0.507 e. The number of aliphatic hydroxyl groups excluding tert-OH is 1. The molecule has 0 bridgehead atoms. The molecule has 3 N–H and O–H groups in total. The predicted molar refractivity (Wildman–Crippen MR) is 147 cm³/mol. The highest BCUT2D eigenvalue weighted by molar-refractivity contribution is 7.92. The van der Waals surface area contributed by atoms with Crippen LogP contribution in [0.2, 0.25) is 0 Å². The fourth-order valence-electron chi connectivity index (χ4n) is 3.90. The van der Waals surface area contributed by atoms with Gasteiger partial charge in [-0.25, -0.2) is 13.2 Å². The van der Waals surface area contributed by atoms with Crippen molar-refractivity contribution in [1.82, 2.24) is 0 Å². The number of nitrogens with one attached hydrogen (secondary N) is 1. The molecule has 0 aliphatic heterocycles. The van der Waals surface area contributed by atoms with Crippen molar-refractivity contribution in [2.24, 2.45) is 0 Å². The lowest BCUT2D eigenvalue weighted by Gasteiger charge is -2.13. The Bertz CT molecular complexity index is 1620. The second-order valence-corrected chi connectivity index (χ2v) is 10.8. The van der Waals surface area contributed by atoms with Gasteiger partial charge in [0.1, 0.15) is 11.9 Å². The van der Waals surface area contributed by atoms with Gasteiger partial charge in [0.05, 0.1) is 27.8 Å². The average Bonchev–Trinajstić information content (AvgIpc) is 2.92. The summed E-state index contributed by atoms with van der Waals surface area (Å²) < 4.78 is 33.9. The summed E-state index contributed by atoms with van der Waals surface area (Å²) >= 11 is 0. The molecule has 0 amide bonds. The number of hydrogen-bond acceptors (Lipinski definition) is 7. The van der Waals surface area contributed by atoms with Gasteiger partial charge in [-0.1, -0.05) is 54.6 Å². The molecule has 4 rings (SSSR count).